The Bertz CT molecular complexity index is 560. The van der Waals surface area contributed by atoms with Gasteiger partial charge >= 0.3 is 0 Å². The molecule has 0 heterocycles. The first-order valence-electron chi connectivity index (χ1n) is 6.60. The van der Waals surface area contributed by atoms with Gasteiger partial charge in [0.2, 0.25) is 0 Å². The lowest BCUT2D eigenvalue weighted by Gasteiger charge is -2.21. The van der Waals surface area contributed by atoms with Crippen LogP contribution in [0.1, 0.15) is 28.3 Å². The van der Waals surface area contributed by atoms with E-state index in [4.69, 9.17) is 5.11 Å². The Morgan fingerprint density at radius 1 is 0.850 bits per heavy atom. The number of benzene rings is 2. The molecule has 0 saturated carbocycles. The van der Waals surface area contributed by atoms with Gasteiger partial charge in [0.25, 0.3) is 0 Å². The van der Waals surface area contributed by atoms with Crippen molar-refractivity contribution in [3.63, 3.8) is 0 Å². The summed E-state index contributed by atoms with van der Waals surface area (Å²) in [5, 5.41) is 12.5. The third-order valence-corrected chi connectivity index (χ3v) is 3.52. The molecule has 1 aliphatic rings. The fraction of sp³-hybridized carbons (Fsp3) is 0.176. The second kappa shape index (κ2) is 6.71. The third kappa shape index (κ3) is 2.78. The van der Waals surface area contributed by atoms with E-state index in [1.165, 1.54) is 22.3 Å². The summed E-state index contributed by atoms with van der Waals surface area (Å²) in [6.07, 6.45) is 4.32. The Balaban J connectivity index is 0.00000147. The molecule has 0 fully saturated rings. The number of nitrogens with one attached hydrogen (secondary N) is 1. The normalized spacial score (nSPS) is 13.1. The number of aliphatic hydroxyl groups is 1. The molecule has 0 radical (unpaired) electrons. The summed E-state index contributed by atoms with van der Waals surface area (Å²) in [6.45, 7) is 0.738. The van der Waals surface area contributed by atoms with Crippen molar-refractivity contribution >= 4 is 24.6 Å². The fourth-order valence-corrected chi connectivity index (χ4v) is 2.63. The Morgan fingerprint density at radius 2 is 1.35 bits per heavy atom. The molecule has 1 aliphatic carbocycles. The van der Waals surface area contributed by atoms with Crippen molar-refractivity contribution in [1.29, 1.82) is 0 Å². The highest BCUT2D eigenvalue weighted by Gasteiger charge is 2.19. The highest BCUT2D eigenvalue weighted by Crippen LogP contribution is 2.32. The molecule has 0 bridgehead atoms. The van der Waals surface area contributed by atoms with Crippen LogP contribution in [0, 0.1) is 0 Å². The van der Waals surface area contributed by atoms with Gasteiger partial charge in [0.1, 0.15) is 0 Å². The summed E-state index contributed by atoms with van der Waals surface area (Å²) in [5.41, 5.74) is 4.98. The number of hydrogen-bond donors (Lipinski definition) is 2. The molecule has 3 heteroatoms. The lowest BCUT2D eigenvalue weighted by molar-refractivity contribution is 0.288. The van der Waals surface area contributed by atoms with Crippen LogP contribution in [0.2, 0.25) is 0 Å². The molecule has 2 N–H and O–H groups in total. The minimum absolute atomic E-state index is 0. The first-order chi connectivity index (χ1) is 9.40. The van der Waals surface area contributed by atoms with Crippen LogP contribution in [0.3, 0.4) is 0 Å². The largest absolute Gasteiger partial charge is 0.395 e. The number of hydrogen-bond acceptors (Lipinski definition) is 2. The van der Waals surface area contributed by atoms with E-state index in [-0.39, 0.29) is 25.1 Å². The molecule has 0 spiro atoms. The Kier molecular flexibility index (Phi) is 4.96. The van der Waals surface area contributed by atoms with Crippen LogP contribution in [0.15, 0.2) is 48.5 Å². The van der Waals surface area contributed by atoms with Crippen molar-refractivity contribution in [3.05, 3.63) is 70.8 Å². The van der Waals surface area contributed by atoms with Crippen LogP contribution >= 0.6 is 12.4 Å². The van der Waals surface area contributed by atoms with E-state index in [9.17, 15) is 0 Å². The number of fused-ring (bicyclic) bond motifs is 2. The summed E-state index contributed by atoms with van der Waals surface area (Å²) in [7, 11) is 0. The molecule has 20 heavy (non-hydrogen) atoms. The van der Waals surface area contributed by atoms with Crippen LogP contribution in [-0.2, 0) is 0 Å². The molecule has 3 rings (SSSR count). The van der Waals surface area contributed by atoms with Gasteiger partial charge in [0, 0.05) is 6.54 Å². The molecule has 2 aromatic rings. The molecule has 0 unspecified atom stereocenters. The van der Waals surface area contributed by atoms with Crippen molar-refractivity contribution < 1.29 is 5.11 Å². The SMILES string of the molecule is Cl.OCCNC1c2ccccc2C=Cc2ccccc21. The van der Waals surface area contributed by atoms with Gasteiger partial charge in [-0.25, -0.2) is 0 Å². The zero-order chi connectivity index (χ0) is 13.1. The van der Waals surface area contributed by atoms with E-state index in [0.29, 0.717) is 6.54 Å². The van der Waals surface area contributed by atoms with Gasteiger partial charge in [-0.05, 0) is 22.3 Å². The number of rotatable bonds is 3. The van der Waals surface area contributed by atoms with E-state index < -0.39 is 0 Å². The second-order valence-electron chi connectivity index (χ2n) is 4.70. The Hall–Kier alpha value is -1.61. The van der Waals surface area contributed by atoms with Crippen LogP contribution in [0.5, 0.6) is 0 Å². The van der Waals surface area contributed by atoms with Gasteiger partial charge in [-0.2, -0.15) is 0 Å². The van der Waals surface area contributed by atoms with Crippen LogP contribution in [0.4, 0.5) is 0 Å². The first-order valence-corrected chi connectivity index (χ1v) is 6.60. The molecular formula is C17H18ClNO. The van der Waals surface area contributed by atoms with E-state index in [1.807, 2.05) is 0 Å². The molecule has 104 valence electrons. The molecule has 2 aromatic carbocycles. The fourth-order valence-electron chi connectivity index (χ4n) is 2.63. The van der Waals surface area contributed by atoms with Gasteiger partial charge in [-0.15, -0.1) is 12.4 Å². The minimum Gasteiger partial charge on any atom is -0.395 e. The standard InChI is InChI=1S/C17H17NO.ClH/c19-12-11-18-17-15-7-3-1-5-13(15)9-10-14-6-2-4-8-16(14)17;/h1-10,17-19H,11-12H2;1H. The van der Waals surface area contributed by atoms with Crippen molar-refractivity contribution in [2.75, 3.05) is 13.2 Å². The topological polar surface area (TPSA) is 32.3 Å². The second-order valence-corrected chi connectivity index (χ2v) is 4.70. The summed E-state index contributed by atoms with van der Waals surface area (Å²) in [4.78, 5) is 0. The van der Waals surface area contributed by atoms with E-state index in [1.54, 1.807) is 0 Å². The lowest BCUT2D eigenvalue weighted by atomic mass is 9.94. The predicted molar refractivity (Wildman–Crippen MR) is 86.0 cm³/mol. The zero-order valence-electron chi connectivity index (χ0n) is 11.1. The molecular weight excluding hydrogens is 270 g/mol. The monoisotopic (exact) mass is 287 g/mol. The minimum atomic E-state index is 0. The summed E-state index contributed by atoms with van der Waals surface area (Å²) in [5.74, 6) is 0. The van der Waals surface area contributed by atoms with E-state index in [0.717, 1.165) is 0 Å². The molecule has 0 atom stereocenters. The molecule has 0 aromatic heterocycles. The molecule has 0 saturated heterocycles. The van der Waals surface area contributed by atoms with Gasteiger partial charge in [0.15, 0.2) is 0 Å². The van der Waals surface area contributed by atoms with Crippen molar-refractivity contribution in [2.24, 2.45) is 0 Å². The maximum Gasteiger partial charge on any atom is 0.0589 e. The third-order valence-electron chi connectivity index (χ3n) is 3.52. The van der Waals surface area contributed by atoms with Crippen LogP contribution in [0.25, 0.3) is 12.2 Å². The van der Waals surface area contributed by atoms with Crippen molar-refractivity contribution in [2.45, 2.75) is 6.04 Å². The van der Waals surface area contributed by atoms with Crippen molar-refractivity contribution in [3.8, 4) is 0 Å². The van der Waals surface area contributed by atoms with Crippen LogP contribution in [-0.4, -0.2) is 18.3 Å². The van der Waals surface area contributed by atoms with Gasteiger partial charge < -0.3 is 10.4 Å². The van der Waals surface area contributed by atoms with E-state index in [2.05, 4.69) is 66.0 Å². The van der Waals surface area contributed by atoms with Gasteiger partial charge in [-0.1, -0.05) is 60.7 Å². The summed E-state index contributed by atoms with van der Waals surface area (Å²) >= 11 is 0. The predicted octanol–water partition coefficient (Wildman–Crippen LogP) is 3.26. The molecule has 0 amide bonds. The highest BCUT2D eigenvalue weighted by molar-refractivity contribution is 5.85. The smallest absolute Gasteiger partial charge is 0.0589 e. The summed E-state index contributed by atoms with van der Waals surface area (Å²) in [6, 6.07) is 16.9. The Labute approximate surface area is 125 Å². The average molecular weight is 288 g/mol. The maximum atomic E-state index is 9.09. The van der Waals surface area contributed by atoms with Gasteiger partial charge in [0.05, 0.1) is 12.6 Å². The van der Waals surface area contributed by atoms with Crippen LogP contribution < -0.4 is 5.32 Å². The summed E-state index contributed by atoms with van der Waals surface area (Å²) < 4.78 is 0. The zero-order valence-corrected chi connectivity index (χ0v) is 11.9. The Morgan fingerprint density at radius 3 is 1.85 bits per heavy atom. The number of halogens is 1. The number of aliphatic hydroxyl groups excluding tert-OH is 1. The molecule has 2 nitrogen and oxygen atoms in total. The first kappa shape index (κ1) is 14.8. The lowest BCUT2D eigenvalue weighted by Crippen LogP contribution is -2.26. The molecule has 0 aliphatic heterocycles. The maximum absolute atomic E-state index is 9.09. The van der Waals surface area contributed by atoms with Crippen molar-refractivity contribution in [1.82, 2.24) is 5.32 Å². The van der Waals surface area contributed by atoms with Gasteiger partial charge in [-0.3, -0.25) is 0 Å². The van der Waals surface area contributed by atoms with E-state index >= 15 is 0 Å². The highest BCUT2D eigenvalue weighted by atomic mass is 35.5. The quantitative estimate of drug-likeness (QED) is 0.908. The average Bonchev–Trinajstić information content (AvgIpc) is 2.62.